The number of guanidine groups is 1. The summed E-state index contributed by atoms with van der Waals surface area (Å²) in [5.41, 5.74) is 1.37. The van der Waals surface area contributed by atoms with Crippen LogP contribution in [0.4, 0.5) is 11.5 Å². The van der Waals surface area contributed by atoms with Crippen molar-refractivity contribution in [3.8, 4) is 17.7 Å². The van der Waals surface area contributed by atoms with Crippen molar-refractivity contribution >= 4 is 51.6 Å². The van der Waals surface area contributed by atoms with Crippen LogP contribution in [-0.2, 0) is 9.47 Å². The van der Waals surface area contributed by atoms with Crippen molar-refractivity contribution in [1.29, 1.82) is 10.7 Å². The number of nitrogens with one attached hydrogen (secondary N) is 2. The minimum atomic E-state index is -0.315. The second-order valence-corrected chi connectivity index (χ2v) is 9.13. The Bertz CT molecular complexity index is 1340. The van der Waals surface area contributed by atoms with Crippen LogP contribution in [0.25, 0.3) is 10.9 Å². The average Bonchev–Trinajstić information content (AvgIpc) is 2.94. The number of nitriles is 1. The number of morpholine rings is 1. The maximum absolute atomic E-state index is 9.40. The number of hydrogen-bond acceptors (Lipinski definition) is 9. The summed E-state index contributed by atoms with van der Waals surface area (Å²) < 4.78 is 22.6. The molecule has 2 aromatic carbocycles. The SMILES string of the molecule is COCCN(C#N)C(=N)N1CCOC(COc2cc3ncnc(Nc4ccc(Cl)c(Cl)c4)c3cc2OC)C1. The molecule has 200 valence electrons. The highest BCUT2D eigenvalue weighted by Gasteiger charge is 2.26. The maximum Gasteiger partial charge on any atom is 0.207 e. The predicted octanol–water partition coefficient (Wildman–Crippen LogP) is 4.13. The van der Waals surface area contributed by atoms with E-state index in [0.717, 1.165) is 11.1 Å². The van der Waals surface area contributed by atoms with Gasteiger partial charge in [0.1, 0.15) is 24.9 Å². The monoisotopic (exact) mass is 559 g/mol. The molecule has 1 saturated heterocycles. The van der Waals surface area contributed by atoms with Gasteiger partial charge in [-0.15, -0.1) is 0 Å². The van der Waals surface area contributed by atoms with Crippen LogP contribution in [0.1, 0.15) is 0 Å². The number of halogens is 2. The maximum atomic E-state index is 9.40. The molecule has 2 heterocycles. The molecule has 11 nitrogen and oxygen atoms in total. The summed E-state index contributed by atoms with van der Waals surface area (Å²) in [6.45, 7) is 2.19. The lowest BCUT2D eigenvalue weighted by atomic mass is 10.2. The molecule has 1 atom stereocenters. The van der Waals surface area contributed by atoms with Crippen LogP contribution in [0.5, 0.6) is 11.5 Å². The quantitative estimate of drug-likeness (QED) is 0.171. The lowest BCUT2D eigenvalue weighted by Gasteiger charge is -2.36. The molecule has 0 aliphatic carbocycles. The molecular weight excluding hydrogens is 533 g/mol. The van der Waals surface area contributed by atoms with Crippen molar-refractivity contribution in [2.45, 2.75) is 6.10 Å². The summed E-state index contributed by atoms with van der Waals surface area (Å²) in [5, 5.41) is 22.7. The number of rotatable bonds is 9. The fraction of sp³-hybridized carbons (Fsp3) is 0.360. The van der Waals surface area contributed by atoms with Gasteiger partial charge in [-0.3, -0.25) is 5.41 Å². The Morgan fingerprint density at radius 3 is 2.82 bits per heavy atom. The van der Waals surface area contributed by atoms with E-state index in [4.69, 9.17) is 47.6 Å². The third-order valence-electron chi connectivity index (χ3n) is 5.86. The molecule has 4 rings (SSSR count). The summed E-state index contributed by atoms with van der Waals surface area (Å²) in [7, 11) is 3.11. The summed E-state index contributed by atoms with van der Waals surface area (Å²) >= 11 is 12.2. The molecule has 0 spiro atoms. The highest BCUT2D eigenvalue weighted by Crippen LogP contribution is 2.35. The zero-order chi connectivity index (χ0) is 27.1. The third-order valence-corrected chi connectivity index (χ3v) is 6.60. The topological polar surface area (TPSA) is 129 Å². The van der Waals surface area contributed by atoms with Gasteiger partial charge in [0, 0.05) is 30.8 Å². The number of nitrogens with zero attached hydrogens (tertiary/aromatic N) is 5. The first kappa shape index (κ1) is 27.5. The zero-order valence-electron chi connectivity index (χ0n) is 20.9. The minimum absolute atomic E-state index is 0.111. The van der Waals surface area contributed by atoms with Crippen LogP contribution in [0.15, 0.2) is 36.7 Å². The van der Waals surface area contributed by atoms with E-state index in [1.54, 1.807) is 49.5 Å². The number of aromatic nitrogens is 2. The second kappa shape index (κ2) is 12.8. The molecule has 38 heavy (non-hydrogen) atoms. The predicted molar refractivity (Wildman–Crippen MR) is 145 cm³/mol. The molecule has 1 aromatic heterocycles. The van der Waals surface area contributed by atoms with Crippen LogP contribution >= 0.6 is 23.2 Å². The number of benzene rings is 2. The third kappa shape index (κ3) is 6.46. The van der Waals surface area contributed by atoms with Gasteiger partial charge in [-0.25, -0.2) is 14.9 Å². The van der Waals surface area contributed by atoms with Gasteiger partial charge in [0.15, 0.2) is 17.7 Å². The number of anilines is 2. The first-order valence-corrected chi connectivity index (χ1v) is 12.5. The number of methoxy groups -OCH3 is 2. The smallest absolute Gasteiger partial charge is 0.207 e. The molecule has 1 unspecified atom stereocenters. The van der Waals surface area contributed by atoms with Crippen LogP contribution in [0.2, 0.25) is 10.0 Å². The molecule has 0 amide bonds. The number of fused-ring (bicyclic) bond motifs is 1. The summed E-state index contributed by atoms with van der Waals surface area (Å²) in [6, 6.07) is 8.80. The first-order valence-electron chi connectivity index (χ1n) is 11.7. The van der Waals surface area contributed by atoms with Gasteiger partial charge in [-0.05, 0) is 24.3 Å². The van der Waals surface area contributed by atoms with Crippen LogP contribution in [-0.4, -0.2) is 85.5 Å². The molecular formula is C25H27Cl2N7O4. The van der Waals surface area contributed by atoms with Crippen LogP contribution < -0.4 is 14.8 Å². The number of ether oxygens (including phenoxy) is 4. The van der Waals surface area contributed by atoms with E-state index < -0.39 is 0 Å². The standard InChI is InChI=1S/C25H27Cl2N7O4/c1-35-7-5-34(14-28)25(29)33-6-8-37-17(12-33)13-38-23-11-21-18(10-22(23)36-2)24(31-15-30-21)32-16-3-4-19(26)20(27)9-16/h3-4,9-11,15,17,29H,5-8,12-13H2,1-2H3,(H,30,31,32). The first-order chi connectivity index (χ1) is 18.4. The van der Waals surface area contributed by atoms with E-state index in [0.29, 0.717) is 65.7 Å². The lowest BCUT2D eigenvalue weighted by Crippen LogP contribution is -2.52. The van der Waals surface area contributed by atoms with E-state index in [-0.39, 0.29) is 18.7 Å². The van der Waals surface area contributed by atoms with Crippen LogP contribution in [0, 0.1) is 16.9 Å². The largest absolute Gasteiger partial charge is 0.493 e. The Kier molecular flexibility index (Phi) is 9.25. The van der Waals surface area contributed by atoms with Crippen molar-refractivity contribution in [1.82, 2.24) is 19.8 Å². The fourth-order valence-corrected chi connectivity index (χ4v) is 4.20. The minimum Gasteiger partial charge on any atom is -0.493 e. The van der Waals surface area contributed by atoms with E-state index in [1.165, 1.54) is 11.2 Å². The van der Waals surface area contributed by atoms with Gasteiger partial charge in [0.05, 0.1) is 49.0 Å². The fourth-order valence-electron chi connectivity index (χ4n) is 3.90. The van der Waals surface area contributed by atoms with Crippen molar-refractivity contribution in [2.75, 3.05) is 59.0 Å². The summed E-state index contributed by atoms with van der Waals surface area (Å²) in [6.07, 6.45) is 3.17. The molecule has 1 fully saturated rings. The van der Waals surface area contributed by atoms with Crippen LogP contribution in [0.3, 0.4) is 0 Å². The molecule has 0 saturated carbocycles. The van der Waals surface area contributed by atoms with Crippen molar-refractivity contribution in [3.63, 3.8) is 0 Å². The highest BCUT2D eigenvalue weighted by atomic mass is 35.5. The summed E-state index contributed by atoms with van der Waals surface area (Å²) in [5.74, 6) is 1.67. The second-order valence-electron chi connectivity index (χ2n) is 8.31. The molecule has 0 bridgehead atoms. The number of hydrogen-bond donors (Lipinski definition) is 2. The van der Waals surface area contributed by atoms with Gasteiger partial charge < -0.3 is 29.2 Å². The Morgan fingerprint density at radius 1 is 1.24 bits per heavy atom. The molecule has 3 aromatic rings. The molecule has 13 heteroatoms. The van der Waals surface area contributed by atoms with Gasteiger partial charge in [-0.2, -0.15) is 5.26 Å². The van der Waals surface area contributed by atoms with Crippen molar-refractivity contribution < 1.29 is 18.9 Å². The zero-order valence-corrected chi connectivity index (χ0v) is 22.4. The normalized spacial score (nSPS) is 15.1. The molecule has 0 radical (unpaired) electrons. The van der Waals surface area contributed by atoms with Crippen molar-refractivity contribution in [3.05, 3.63) is 46.7 Å². The van der Waals surface area contributed by atoms with Gasteiger partial charge in [0.2, 0.25) is 5.96 Å². The molecule has 2 N–H and O–H groups in total. The highest BCUT2D eigenvalue weighted by molar-refractivity contribution is 6.42. The Labute approximate surface area is 230 Å². The average molecular weight is 560 g/mol. The van der Waals surface area contributed by atoms with Gasteiger partial charge in [-0.1, -0.05) is 23.2 Å². The Hall–Kier alpha value is -3.56. The van der Waals surface area contributed by atoms with E-state index in [2.05, 4.69) is 15.3 Å². The summed E-state index contributed by atoms with van der Waals surface area (Å²) in [4.78, 5) is 11.8. The molecule has 1 aliphatic heterocycles. The van der Waals surface area contributed by atoms with E-state index in [9.17, 15) is 5.26 Å². The molecule has 1 aliphatic rings. The van der Waals surface area contributed by atoms with Crippen molar-refractivity contribution in [2.24, 2.45) is 0 Å². The van der Waals surface area contributed by atoms with E-state index in [1.807, 2.05) is 6.19 Å². The van der Waals surface area contributed by atoms with Gasteiger partial charge in [0.25, 0.3) is 0 Å². The van der Waals surface area contributed by atoms with E-state index >= 15 is 0 Å². The lowest BCUT2D eigenvalue weighted by molar-refractivity contribution is -0.0316. The Morgan fingerprint density at radius 2 is 2.08 bits per heavy atom. The van der Waals surface area contributed by atoms with Gasteiger partial charge >= 0.3 is 0 Å². The Balaban J connectivity index is 1.47.